The minimum atomic E-state index is -1.45. The van der Waals surface area contributed by atoms with E-state index in [0.29, 0.717) is 73.1 Å². The molecule has 2 aromatic carbocycles. The normalized spacial score (nSPS) is 16.4. The van der Waals surface area contributed by atoms with Crippen molar-refractivity contribution in [2.75, 3.05) is 26.7 Å². The minimum Gasteiger partial charge on any atom is -0.497 e. The highest BCUT2D eigenvalue weighted by Gasteiger charge is 2.41. The van der Waals surface area contributed by atoms with Crippen molar-refractivity contribution in [2.45, 2.75) is 44.7 Å². The number of nitrogens with zero attached hydrogens (tertiary/aromatic N) is 2. The first-order valence-corrected chi connectivity index (χ1v) is 13.0. The lowest BCUT2D eigenvalue weighted by molar-refractivity contribution is -0.143. The number of hydroxylamine groups is 1. The van der Waals surface area contributed by atoms with Crippen LogP contribution in [0.15, 0.2) is 42.6 Å². The fourth-order valence-corrected chi connectivity index (χ4v) is 5.61. The van der Waals surface area contributed by atoms with Crippen molar-refractivity contribution in [1.29, 1.82) is 0 Å². The summed E-state index contributed by atoms with van der Waals surface area (Å²) in [4.78, 5) is 19.2. The second kappa shape index (κ2) is 12.3. The summed E-state index contributed by atoms with van der Waals surface area (Å²) in [5, 5.41) is 10.2. The van der Waals surface area contributed by atoms with Crippen LogP contribution in [0, 0.1) is 17.0 Å². The standard InChI is InChI=1S/C28H31ClF3N3O3/c1-38-21-4-5-25-22(16-21)26(23(29)17-33-25)24(32)6-7-28(27(36)34-37)8-11-35(12-9-28)10-2-3-18-13-19(30)15-20(31)14-18/h4-5,13-17,24,37H,2-3,6-12H2,1H3,(H,34,36). The maximum Gasteiger partial charge on any atom is 0.249 e. The number of alkyl halides is 1. The van der Waals surface area contributed by atoms with Crippen molar-refractivity contribution in [3.63, 3.8) is 0 Å². The summed E-state index contributed by atoms with van der Waals surface area (Å²) >= 11 is 6.36. The molecule has 1 fully saturated rings. The summed E-state index contributed by atoms with van der Waals surface area (Å²) in [6.45, 7) is 1.86. The third-order valence-electron chi connectivity index (χ3n) is 7.52. The lowest BCUT2D eigenvalue weighted by atomic mass is 9.73. The van der Waals surface area contributed by atoms with Gasteiger partial charge in [-0.2, -0.15) is 0 Å². The van der Waals surface area contributed by atoms with E-state index in [9.17, 15) is 18.8 Å². The molecule has 1 amide bonds. The summed E-state index contributed by atoms with van der Waals surface area (Å²) in [5.74, 6) is -1.15. The van der Waals surface area contributed by atoms with E-state index >= 15 is 4.39 Å². The van der Waals surface area contributed by atoms with Crippen LogP contribution in [-0.4, -0.2) is 47.7 Å². The lowest BCUT2D eigenvalue weighted by Crippen LogP contribution is -2.48. The molecule has 1 aliphatic heterocycles. The molecular formula is C28H31ClF3N3O3. The van der Waals surface area contributed by atoms with Crippen LogP contribution in [-0.2, 0) is 11.2 Å². The van der Waals surface area contributed by atoms with Crippen LogP contribution >= 0.6 is 11.6 Å². The third-order valence-corrected chi connectivity index (χ3v) is 7.82. The van der Waals surface area contributed by atoms with E-state index in [1.54, 1.807) is 23.7 Å². The molecule has 1 unspecified atom stereocenters. The number of ether oxygens (including phenoxy) is 1. The van der Waals surface area contributed by atoms with Crippen molar-refractivity contribution in [2.24, 2.45) is 5.41 Å². The number of nitrogens with one attached hydrogen (secondary N) is 1. The van der Waals surface area contributed by atoms with Crippen molar-refractivity contribution < 1.29 is 27.9 Å². The zero-order valence-corrected chi connectivity index (χ0v) is 21.9. The Balaban J connectivity index is 1.39. The van der Waals surface area contributed by atoms with Gasteiger partial charge in [-0.05, 0) is 94.1 Å². The maximum atomic E-state index is 15.7. The molecule has 1 aromatic heterocycles. The van der Waals surface area contributed by atoms with Crippen LogP contribution in [0.1, 0.15) is 49.4 Å². The van der Waals surface area contributed by atoms with E-state index in [1.165, 1.54) is 25.4 Å². The molecule has 4 rings (SSSR count). The van der Waals surface area contributed by atoms with Gasteiger partial charge in [-0.25, -0.2) is 18.7 Å². The number of pyridine rings is 1. The molecule has 0 bridgehead atoms. The van der Waals surface area contributed by atoms with Gasteiger partial charge in [-0.1, -0.05) is 11.6 Å². The molecular weight excluding hydrogens is 519 g/mol. The number of methoxy groups -OCH3 is 1. The quantitative estimate of drug-likeness (QED) is 0.233. The summed E-state index contributed by atoms with van der Waals surface area (Å²) in [6, 6.07) is 8.69. The average molecular weight is 550 g/mol. The SMILES string of the molecule is COc1ccc2ncc(Cl)c(C(F)CCC3(C(=O)NO)CCN(CCCc4cc(F)cc(F)c4)CC3)c2c1. The van der Waals surface area contributed by atoms with Gasteiger partial charge in [0, 0.05) is 23.2 Å². The predicted molar refractivity (Wildman–Crippen MR) is 139 cm³/mol. The van der Waals surface area contributed by atoms with E-state index in [-0.39, 0.29) is 17.9 Å². The van der Waals surface area contributed by atoms with Crippen LogP contribution in [0.3, 0.4) is 0 Å². The Morgan fingerprint density at radius 1 is 1.21 bits per heavy atom. The molecule has 0 saturated carbocycles. The van der Waals surface area contributed by atoms with Gasteiger partial charge in [0.25, 0.3) is 0 Å². The molecule has 6 nitrogen and oxygen atoms in total. The third kappa shape index (κ3) is 6.39. The Labute approximate surface area is 224 Å². The van der Waals surface area contributed by atoms with Crippen molar-refractivity contribution in [3.05, 3.63) is 70.4 Å². The summed E-state index contributed by atoms with van der Waals surface area (Å²) < 4.78 is 47.8. The molecule has 2 heterocycles. The molecule has 1 saturated heterocycles. The number of hydrogen-bond acceptors (Lipinski definition) is 5. The van der Waals surface area contributed by atoms with E-state index in [0.717, 1.165) is 6.07 Å². The van der Waals surface area contributed by atoms with Crippen LogP contribution in [0.5, 0.6) is 5.75 Å². The topological polar surface area (TPSA) is 74.7 Å². The maximum absolute atomic E-state index is 15.7. The molecule has 38 heavy (non-hydrogen) atoms. The van der Waals surface area contributed by atoms with E-state index in [2.05, 4.69) is 9.88 Å². The predicted octanol–water partition coefficient (Wildman–Crippen LogP) is 6.19. The molecule has 3 aromatic rings. The van der Waals surface area contributed by atoms with Crippen molar-refractivity contribution in [3.8, 4) is 5.75 Å². The monoisotopic (exact) mass is 549 g/mol. The number of carbonyl (C=O) groups excluding carboxylic acids is 1. The van der Waals surface area contributed by atoms with Gasteiger partial charge in [-0.15, -0.1) is 0 Å². The fraction of sp³-hybridized carbons (Fsp3) is 0.429. The van der Waals surface area contributed by atoms with Crippen LogP contribution in [0.2, 0.25) is 5.02 Å². The Hall–Kier alpha value is -2.88. The molecule has 10 heteroatoms. The van der Waals surface area contributed by atoms with Gasteiger partial charge in [0.05, 0.1) is 23.1 Å². The first-order valence-electron chi connectivity index (χ1n) is 12.6. The molecule has 1 atom stereocenters. The van der Waals surface area contributed by atoms with Gasteiger partial charge in [0.15, 0.2) is 0 Å². The number of halogens is 4. The first kappa shape index (κ1) is 28.1. The van der Waals surface area contributed by atoms with Crippen LogP contribution < -0.4 is 10.2 Å². The number of fused-ring (bicyclic) bond motifs is 1. The van der Waals surface area contributed by atoms with Gasteiger partial charge in [0.2, 0.25) is 5.91 Å². The summed E-state index contributed by atoms with van der Waals surface area (Å²) in [6.07, 6.45) is 2.35. The van der Waals surface area contributed by atoms with Gasteiger partial charge in [0.1, 0.15) is 23.6 Å². The minimum absolute atomic E-state index is 0.0363. The smallest absolute Gasteiger partial charge is 0.249 e. The lowest BCUT2D eigenvalue weighted by Gasteiger charge is -2.40. The number of benzene rings is 2. The Morgan fingerprint density at radius 3 is 2.58 bits per heavy atom. The van der Waals surface area contributed by atoms with Crippen molar-refractivity contribution in [1.82, 2.24) is 15.4 Å². The first-order chi connectivity index (χ1) is 18.2. The zero-order chi connectivity index (χ0) is 27.3. The number of aryl methyl sites for hydroxylation is 1. The number of rotatable bonds is 10. The Kier molecular flexibility index (Phi) is 9.12. The molecule has 0 aliphatic carbocycles. The number of carbonyl (C=O) groups is 1. The number of hydrogen-bond donors (Lipinski definition) is 2. The molecule has 1 aliphatic rings. The van der Waals surface area contributed by atoms with E-state index in [1.807, 2.05) is 0 Å². The van der Waals surface area contributed by atoms with Crippen LogP contribution in [0.4, 0.5) is 13.2 Å². The zero-order valence-electron chi connectivity index (χ0n) is 21.2. The second-order valence-electron chi connectivity index (χ2n) is 9.85. The van der Waals surface area contributed by atoms with E-state index < -0.39 is 29.1 Å². The van der Waals surface area contributed by atoms with Crippen molar-refractivity contribution >= 4 is 28.4 Å². The number of piperidine rings is 1. The molecule has 204 valence electrons. The van der Waals surface area contributed by atoms with Gasteiger partial charge < -0.3 is 9.64 Å². The molecule has 2 N–H and O–H groups in total. The average Bonchev–Trinajstić information content (AvgIpc) is 2.91. The van der Waals surface area contributed by atoms with Gasteiger partial charge >= 0.3 is 0 Å². The largest absolute Gasteiger partial charge is 0.497 e. The number of aromatic nitrogens is 1. The highest BCUT2D eigenvalue weighted by Crippen LogP contribution is 2.42. The van der Waals surface area contributed by atoms with Crippen LogP contribution in [0.25, 0.3) is 10.9 Å². The van der Waals surface area contributed by atoms with E-state index in [4.69, 9.17) is 16.3 Å². The Morgan fingerprint density at radius 2 is 1.92 bits per heavy atom. The number of likely N-dealkylation sites (tertiary alicyclic amines) is 1. The fourth-order valence-electron chi connectivity index (χ4n) is 5.34. The number of amides is 1. The second-order valence-corrected chi connectivity index (χ2v) is 10.3. The Bertz CT molecular complexity index is 1260. The highest BCUT2D eigenvalue weighted by molar-refractivity contribution is 6.32. The summed E-state index contributed by atoms with van der Waals surface area (Å²) in [5.41, 5.74) is 2.35. The van der Waals surface area contributed by atoms with Gasteiger partial charge in [-0.3, -0.25) is 15.0 Å². The molecule has 0 radical (unpaired) electrons. The highest BCUT2D eigenvalue weighted by atomic mass is 35.5. The molecule has 0 spiro atoms. The summed E-state index contributed by atoms with van der Waals surface area (Å²) in [7, 11) is 1.52.